The summed E-state index contributed by atoms with van der Waals surface area (Å²) in [5.41, 5.74) is -0.0626. The first kappa shape index (κ1) is 17.2. The molecule has 4 nitrogen and oxygen atoms in total. The highest BCUT2D eigenvalue weighted by molar-refractivity contribution is 4.97. The summed E-state index contributed by atoms with van der Waals surface area (Å²) in [5.74, 6) is 0. The fourth-order valence-electron chi connectivity index (χ4n) is 4.33. The molecule has 1 aliphatic heterocycles. The predicted octanol–water partition coefficient (Wildman–Crippen LogP) is 1.68. The van der Waals surface area contributed by atoms with Gasteiger partial charge in [0.1, 0.15) is 0 Å². The maximum atomic E-state index is 9.93. The Morgan fingerprint density at radius 3 is 2.67 bits per heavy atom. The zero-order valence-electron chi connectivity index (χ0n) is 14.4. The second-order valence-corrected chi connectivity index (χ2v) is 7.70. The summed E-state index contributed by atoms with van der Waals surface area (Å²) in [7, 11) is 4.53. The van der Waals surface area contributed by atoms with E-state index >= 15 is 0 Å². The number of hydrogen-bond donors (Lipinski definition) is 2. The Kier molecular flexibility index (Phi) is 6.06. The lowest BCUT2D eigenvalue weighted by Crippen LogP contribution is -2.58. The summed E-state index contributed by atoms with van der Waals surface area (Å²) in [5, 5.41) is 13.6. The third-order valence-corrected chi connectivity index (χ3v) is 5.51. The number of aliphatic hydroxyl groups excluding tert-OH is 1. The summed E-state index contributed by atoms with van der Waals surface area (Å²) in [6, 6.07) is 1.76. The van der Waals surface area contributed by atoms with Crippen LogP contribution in [0.3, 0.4) is 0 Å². The van der Waals surface area contributed by atoms with E-state index in [1.807, 2.05) is 0 Å². The Balaban J connectivity index is 1.92. The Morgan fingerprint density at radius 1 is 1.33 bits per heavy atom. The standard InChI is InChI=1S/C17H35N3O/c1-14(2)18-17(13-21)9-5-7-15(11-17)20(4)12-16-8-6-10-19(16)3/h14-16,18,21H,5-13H2,1-4H3. The number of hydrogen-bond acceptors (Lipinski definition) is 4. The summed E-state index contributed by atoms with van der Waals surface area (Å²) < 4.78 is 0. The van der Waals surface area contributed by atoms with Crippen molar-refractivity contribution in [3.63, 3.8) is 0 Å². The smallest absolute Gasteiger partial charge is 0.0613 e. The average Bonchev–Trinajstić information content (AvgIpc) is 2.84. The van der Waals surface area contributed by atoms with E-state index in [0.29, 0.717) is 12.1 Å². The zero-order chi connectivity index (χ0) is 15.5. The molecule has 21 heavy (non-hydrogen) atoms. The van der Waals surface area contributed by atoms with Crippen molar-refractivity contribution in [3.8, 4) is 0 Å². The van der Waals surface area contributed by atoms with Gasteiger partial charge in [0.2, 0.25) is 0 Å². The van der Waals surface area contributed by atoms with Crippen molar-refractivity contribution in [2.75, 3.05) is 33.8 Å². The first-order valence-corrected chi connectivity index (χ1v) is 8.75. The molecule has 0 bridgehead atoms. The summed E-state index contributed by atoms with van der Waals surface area (Å²) in [6.07, 6.45) is 7.35. The minimum Gasteiger partial charge on any atom is -0.394 e. The Morgan fingerprint density at radius 2 is 2.10 bits per heavy atom. The predicted molar refractivity (Wildman–Crippen MR) is 88.6 cm³/mol. The van der Waals surface area contributed by atoms with Crippen LogP contribution in [0.4, 0.5) is 0 Å². The molecule has 0 spiro atoms. The molecule has 3 unspecified atom stereocenters. The van der Waals surface area contributed by atoms with Crippen LogP contribution < -0.4 is 5.32 Å². The monoisotopic (exact) mass is 297 g/mol. The number of nitrogens with one attached hydrogen (secondary N) is 1. The molecular formula is C17H35N3O. The van der Waals surface area contributed by atoms with E-state index in [1.165, 1.54) is 38.8 Å². The Hall–Kier alpha value is -0.160. The lowest BCUT2D eigenvalue weighted by Gasteiger charge is -2.45. The van der Waals surface area contributed by atoms with E-state index in [9.17, 15) is 5.11 Å². The molecule has 0 radical (unpaired) electrons. The fourth-order valence-corrected chi connectivity index (χ4v) is 4.33. The van der Waals surface area contributed by atoms with Crippen LogP contribution in [-0.2, 0) is 0 Å². The van der Waals surface area contributed by atoms with Crippen LogP contribution in [0.2, 0.25) is 0 Å². The molecule has 2 aliphatic rings. The average molecular weight is 297 g/mol. The minimum absolute atomic E-state index is 0.0626. The molecule has 2 N–H and O–H groups in total. The van der Waals surface area contributed by atoms with Gasteiger partial charge in [0.05, 0.1) is 6.61 Å². The highest BCUT2D eigenvalue weighted by atomic mass is 16.3. The number of nitrogens with zero attached hydrogens (tertiary/aromatic N) is 2. The third kappa shape index (κ3) is 4.41. The Labute approximate surface area is 130 Å². The Bertz CT molecular complexity index is 323. The molecule has 2 fully saturated rings. The van der Waals surface area contributed by atoms with Crippen molar-refractivity contribution in [2.24, 2.45) is 0 Å². The first-order valence-electron chi connectivity index (χ1n) is 8.75. The van der Waals surface area contributed by atoms with E-state index in [-0.39, 0.29) is 12.1 Å². The van der Waals surface area contributed by atoms with E-state index in [4.69, 9.17) is 0 Å². The quantitative estimate of drug-likeness (QED) is 0.782. The van der Waals surface area contributed by atoms with E-state index in [0.717, 1.165) is 18.9 Å². The van der Waals surface area contributed by atoms with Gasteiger partial charge in [-0.15, -0.1) is 0 Å². The highest BCUT2D eigenvalue weighted by Crippen LogP contribution is 2.31. The van der Waals surface area contributed by atoms with Crippen molar-refractivity contribution < 1.29 is 5.11 Å². The van der Waals surface area contributed by atoms with Gasteiger partial charge in [-0.1, -0.05) is 13.8 Å². The molecule has 1 saturated carbocycles. The normalized spacial score (nSPS) is 35.0. The van der Waals surface area contributed by atoms with Crippen LogP contribution in [0.15, 0.2) is 0 Å². The summed E-state index contributed by atoms with van der Waals surface area (Å²) >= 11 is 0. The van der Waals surface area contributed by atoms with Crippen molar-refractivity contribution in [2.45, 2.75) is 76.0 Å². The maximum absolute atomic E-state index is 9.93. The van der Waals surface area contributed by atoms with Crippen LogP contribution in [0.1, 0.15) is 52.4 Å². The van der Waals surface area contributed by atoms with E-state index in [1.54, 1.807) is 0 Å². The van der Waals surface area contributed by atoms with Gasteiger partial charge in [-0.2, -0.15) is 0 Å². The molecule has 4 heteroatoms. The second kappa shape index (κ2) is 7.40. The van der Waals surface area contributed by atoms with Gasteiger partial charge in [0.25, 0.3) is 0 Å². The first-order chi connectivity index (χ1) is 9.96. The zero-order valence-corrected chi connectivity index (χ0v) is 14.4. The molecule has 0 aromatic carbocycles. The molecule has 0 aromatic rings. The lowest BCUT2D eigenvalue weighted by atomic mass is 9.78. The van der Waals surface area contributed by atoms with Crippen molar-refractivity contribution in [3.05, 3.63) is 0 Å². The summed E-state index contributed by atoms with van der Waals surface area (Å²) in [4.78, 5) is 5.06. The largest absolute Gasteiger partial charge is 0.394 e. The van der Waals surface area contributed by atoms with Crippen LogP contribution >= 0.6 is 0 Å². The second-order valence-electron chi connectivity index (χ2n) is 7.70. The molecule has 0 amide bonds. The number of likely N-dealkylation sites (tertiary alicyclic amines) is 1. The van der Waals surface area contributed by atoms with Crippen LogP contribution in [0.25, 0.3) is 0 Å². The van der Waals surface area contributed by atoms with Crippen LogP contribution in [0, 0.1) is 0 Å². The molecule has 0 aromatic heterocycles. The number of aliphatic hydroxyl groups is 1. The summed E-state index contributed by atoms with van der Waals surface area (Å²) in [6.45, 7) is 7.04. The number of likely N-dealkylation sites (N-methyl/N-ethyl adjacent to an activating group) is 2. The molecule has 2 rings (SSSR count). The van der Waals surface area contributed by atoms with Gasteiger partial charge in [-0.25, -0.2) is 0 Å². The van der Waals surface area contributed by atoms with Crippen LogP contribution in [0.5, 0.6) is 0 Å². The van der Waals surface area contributed by atoms with E-state index < -0.39 is 0 Å². The fraction of sp³-hybridized carbons (Fsp3) is 1.00. The molecular weight excluding hydrogens is 262 g/mol. The molecule has 124 valence electrons. The molecule has 1 aliphatic carbocycles. The topological polar surface area (TPSA) is 38.7 Å². The van der Waals surface area contributed by atoms with Crippen LogP contribution in [-0.4, -0.2) is 72.4 Å². The number of rotatable bonds is 6. The minimum atomic E-state index is -0.0626. The van der Waals surface area contributed by atoms with Gasteiger partial charge < -0.3 is 20.2 Å². The van der Waals surface area contributed by atoms with Gasteiger partial charge in [0, 0.05) is 30.2 Å². The molecule has 1 heterocycles. The van der Waals surface area contributed by atoms with Gasteiger partial charge in [0.15, 0.2) is 0 Å². The lowest BCUT2D eigenvalue weighted by molar-refractivity contribution is 0.0563. The molecule has 1 saturated heterocycles. The SMILES string of the molecule is CC(C)NC1(CO)CCCC(N(C)CC2CCCN2C)C1. The third-order valence-electron chi connectivity index (χ3n) is 5.51. The molecule has 3 atom stereocenters. The van der Waals surface area contributed by atoms with E-state index in [2.05, 4.69) is 43.1 Å². The van der Waals surface area contributed by atoms with Gasteiger partial charge in [-0.3, -0.25) is 0 Å². The maximum Gasteiger partial charge on any atom is 0.0613 e. The van der Waals surface area contributed by atoms with Gasteiger partial charge in [-0.05, 0) is 59.2 Å². The van der Waals surface area contributed by atoms with Crippen molar-refractivity contribution in [1.82, 2.24) is 15.1 Å². The van der Waals surface area contributed by atoms with Crippen molar-refractivity contribution in [1.29, 1.82) is 0 Å². The highest BCUT2D eigenvalue weighted by Gasteiger charge is 2.38. The van der Waals surface area contributed by atoms with Crippen molar-refractivity contribution >= 4 is 0 Å². The van der Waals surface area contributed by atoms with Gasteiger partial charge >= 0.3 is 0 Å².